The Bertz CT molecular complexity index is 1550. The van der Waals surface area contributed by atoms with E-state index in [9.17, 15) is 14.4 Å². The molecular weight excluding hydrogens is 636 g/mol. The quantitative estimate of drug-likeness (QED) is 0.319. The number of piperazine rings is 1. The van der Waals surface area contributed by atoms with E-state index in [1.165, 1.54) is 25.9 Å². The fourth-order valence-corrected chi connectivity index (χ4v) is 9.16. The zero-order chi connectivity index (χ0) is 32.7. The predicted octanol–water partition coefficient (Wildman–Crippen LogP) is 3.34. The lowest BCUT2D eigenvalue weighted by molar-refractivity contribution is -0.136. The Kier molecular flexibility index (Phi) is 9.24. The summed E-state index contributed by atoms with van der Waals surface area (Å²) in [6, 6.07) is 4.87. The number of terminal acetylenes is 1. The molecule has 5 fully saturated rings. The van der Waals surface area contributed by atoms with Gasteiger partial charge in [0, 0.05) is 74.8 Å². The first-order chi connectivity index (χ1) is 22.8. The van der Waals surface area contributed by atoms with Crippen LogP contribution in [-0.2, 0) is 17.8 Å². The maximum absolute atomic E-state index is 14.1. The van der Waals surface area contributed by atoms with Gasteiger partial charge in [0.2, 0.25) is 5.91 Å². The SMILES string of the molecule is C#Cc1cc(C[C@@H](NC(=O)N2CCC(N3Cc4sccc4NC3=O)CC2)C(=O)N2CCN(C3CN4CCC3CC4)CC2)cc(Cl)c1N. The van der Waals surface area contributed by atoms with Crippen molar-refractivity contribution in [3.8, 4) is 12.3 Å². The molecule has 4 N–H and O–H groups in total. The van der Waals surface area contributed by atoms with Crippen LogP contribution in [0.2, 0.25) is 5.02 Å². The second kappa shape index (κ2) is 13.5. The van der Waals surface area contributed by atoms with Crippen LogP contribution >= 0.6 is 22.9 Å². The summed E-state index contributed by atoms with van der Waals surface area (Å²) < 4.78 is 0. The summed E-state index contributed by atoms with van der Waals surface area (Å²) in [5, 5.41) is 8.38. The molecule has 1 aromatic carbocycles. The number of fused-ring (bicyclic) bond motifs is 4. The zero-order valence-corrected chi connectivity index (χ0v) is 28.2. The molecule has 2 bridgehead atoms. The largest absolute Gasteiger partial charge is 0.397 e. The van der Waals surface area contributed by atoms with Crippen molar-refractivity contribution in [2.45, 2.75) is 56.8 Å². The number of thiophene rings is 1. The van der Waals surface area contributed by atoms with E-state index in [1.807, 2.05) is 21.2 Å². The smallest absolute Gasteiger partial charge is 0.322 e. The molecule has 47 heavy (non-hydrogen) atoms. The fourth-order valence-electron chi connectivity index (χ4n) is 8.09. The third-order valence-corrected chi connectivity index (χ3v) is 12.1. The Morgan fingerprint density at radius 1 is 1.06 bits per heavy atom. The summed E-state index contributed by atoms with van der Waals surface area (Å²) in [6.45, 7) is 8.03. The highest BCUT2D eigenvalue weighted by atomic mass is 35.5. The third kappa shape index (κ3) is 6.64. The number of carbonyl (C=O) groups is 3. The van der Waals surface area contributed by atoms with Gasteiger partial charge in [-0.2, -0.15) is 0 Å². The highest BCUT2D eigenvalue weighted by Gasteiger charge is 2.40. The van der Waals surface area contributed by atoms with Crippen molar-refractivity contribution < 1.29 is 14.4 Å². The summed E-state index contributed by atoms with van der Waals surface area (Å²) in [6.07, 6.45) is 9.79. The maximum Gasteiger partial charge on any atom is 0.322 e. The number of urea groups is 2. The molecule has 11 nitrogen and oxygen atoms in total. The average Bonchev–Trinajstić information content (AvgIpc) is 3.56. The number of hydrogen-bond acceptors (Lipinski definition) is 7. The summed E-state index contributed by atoms with van der Waals surface area (Å²) in [5.41, 5.74) is 8.50. The topological polar surface area (TPSA) is 117 Å². The van der Waals surface area contributed by atoms with E-state index >= 15 is 0 Å². The maximum atomic E-state index is 14.1. The number of nitrogens with two attached hydrogens (primary N) is 1. The summed E-state index contributed by atoms with van der Waals surface area (Å²) in [4.78, 5) is 52.4. The average molecular weight is 679 g/mol. The van der Waals surface area contributed by atoms with Crippen molar-refractivity contribution in [1.29, 1.82) is 0 Å². The van der Waals surface area contributed by atoms with E-state index in [1.54, 1.807) is 28.4 Å². The van der Waals surface area contributed by atoms with Crippen LogP contribution in [0.3, 0.4) is 0 Å². The first-order valence-corrected chi connectivity index (χ1v) is 18.0. The van der Waals surface area contributed by atoms with Gasteiger partial charge in [-0.05, 0) is 73.8 Å². The number of nitrogen functional groups attached to an aromatic ring is 1. The molecule has 5 amide bonds. The number of piperidine rings is 4. The van der Waals surface area contributed by atoms with E-state index in [0.29, 0.717) is 67.9 Å². The zero-order valence-electron chi connectivity index (χ0n) is 26.6. The monoisotopic (exact) mass is 678 g/mol. The second-order valence-corrected chi connectivity index (χ2v) is 14.9. The fraction of sp³-hybridized carbons (Fsp3) is 0.559. The normalized spacial score (nSPS) is 25.6. The van der Waals surface area contributed by atoms with Gasteiger partial charge >= 0.3 is 12.1 Å². The van der Waals surface area contributed by atoms with E-state index < -0.39 is 6.04 Å². The number of hydrogen-bond donors (Lipinski definition) is 3. The molecule has 1 aromatic heterocycles. The molecule has 0 aliphatic carbocycles. The Labute approximate surface area is 285 Å². The van der Waals surface area contributed by atoms with Gasteiger partial charge in [0.25, 0.3) is 0 Å². The van der Waals surface area contributed by atoms with Crippen LogP contribution in [-0.4, -0.2) is 119 Å². The third-order valence-electron chi connectivity index (χ3n) is 10.9. The molecule has 1 unspecified atom stereocenters. The van der Waals surface area contributed by atoms with Crippen molar-refractivity contribution >= 4 is 52.3 Å². The molecule has 7 heterocycles. The van der Waals surface area contributed by atoms with Crippen LogP contribution in [0, 0.1) is 18.3 Å². The summed E-state index contributed by atoms with van der Waals surface area (Å²) >= 11 is 8.05. The van der Waals surface area contributed by atoms with Crippen LogP contribution in [0.15, 0.2) is 23.6 Å². The van der Waals surface area contributed by atoms with Crippen molar-refractivity contribution in [2.24, 2.45) is 5.92 Å². The number of rotatable bonds is 6. The van der Waals surface area contributed by atoms with Gasteiger partial charge in [-0.1, -0.05) is 17.5 Å². The number of amides is 5. The highest BCUT2D eigenvalue weighted by molar-refractivity contribution is 7.10. The lowest BCUT2D eigenvalue weighted by atomic mass is 9.83. The Hall–Kier alpha value is -3.50. The lowest BCUT2D eigenvalue weighted by Crippen LogP contribution is -2.63. The Balaban J connectivity index is 1.01. The highest BCUT2D eigenvalue weighted by Crippen LogP contribution is 2.33. The number of nitrogens with one attached hydrogen (secondary N) is 2. The van der Waals surface area contributed by atoms with Gasteiger partial charge in [-0.15, -0.1) is 17.8 Å². The minimum absolute atomic E-state index is 0.0401. The lowest BCUT2D eigenvalue weighted by Gasteiger charge is -2.51. The van der Waals surface area contributed by atoms with Crippen molar-refractivity contribution in [2.75, 3.05) is 70.0 Å². The molecule has 8 rings (SSSR count). The van der Waals surface area contributed by atoms with Gasteiger partial charge in [-0.25, -0.2) is 9.59 Å². The Morgan fingerprint density at radius 2 is 1.81 bits per heavy atom. The predicted molar refractivity (Wildman–Crippen MR) is 184 cm³/mol. The van der Waals surface area contributed by atoms with E-state index in [-0.39, 0.29) is 30.4 Å². The van der Waals surface area contributed by atoms with Crippen molar-refractivity contribution in [3.05, 3.63) is 44.6 Å². The number of benzene rings is 1. The molecule has 250 valence electrons. The van der Waals surface area contributed by atoms with Crippen LogP contribution in [0.5, 0.6) is 0 Å². The molecule has 6 aliphatic heterocycles. The van der Waals surface area contributed by atoms with Crippen molar-refractivity contribution in [1.82, 2.24) is 29.8 Å². The van der Waals surface area contributed by atoms with Crippen LogP contribution in [0.1, 0.15) is 41.7 Å². The van der Waals surface area contributed by atoms with Crippen LogP contribution in [0.25, 0.3) is 0 Å². The van der Waals surface area contributed by atoms with E-state index in [0.717, 1.165) is 41.7 Å². The molecule has 0 spiro atoms. The minimum atomic E-state index is -0.793. The second-order valence-electron chi connectivity index (χ2n) is 13.5. The molecule has 0 radical (unpaired) electrons. The van der Waals surface area contributed by atoms with Gasteiger partial charge in [-0.3, -0.25) is 9.69 Å². The first kappa shape index (κ1) is 32.1. The first-order valence-electron chi connectivity index (χ1n) is 16.8. The molecule has 0 saturated carbocycles. The molecule has 13 heteroatoms. The van der Waals surface area contributed by atoms with E-state index in [4.69, 9.17) is 23.8 Å². The van der Waals surface area contributed by atoms with E-state index in [2.05, 4.69) is 26.4 Å². The van der Waals surface area contributed by atoms with Crippen LogP contribution < -0.4 is 16.4 Å². The number of likely N-dealkylation sites (tertiary alicyclic amines) is 1. The number of halogens is 1. The molecule has 2 atom stereocenters. The van der Waals surface area contributed by atoms with Gasteiger partial charge in [0.15, 0.2) is 0 Å². The molecule has 2 aromatic rings. The van der Waals surface area contributed by atoms with Crippen molar-refractivity contribution in [3.63, 3.8) is 0 Å². The summed E-state index contributed by atoms with van der Waals surface area (Å²) in [7, 11) is 0. The molecular formula is C34H43ClN8O3S. The van der Waals surface area contributed by atoms with Gasteiger partial charge < -0.3 is 36.0 Å². The number of carbonyl (C=O) groups excluding carboxylic acids is 3. The minimum Gasteiger partial charge on any atom is -0.397 e. The standard InChI is InChI=1S/C34H43ClN8O3S/c1-2-23-17-22(18-26(35)31(23)36)19-28(32(44)41-14-12-40(13-15-41)29-20-39-8-3-24(29)4-9-39)38-33(45)42-10-5-25(6-11-42)43-21-30-27(7-16-47-30)37-34(43)46/h1,7,16-18,24-25,28-29H,3-6,8-15,19-21,36H2,(H,37,46)(H,38,45)/t28-,29?/m1/s1. The Morgan fingerprint density at radius 3 is 2.49 bits per heavy atom. The number of nitrogens with zero attached hydrogens (tertiary/aromatic N) is 5. The molecule has 6 aliphatic rings. The van der Waals surface area contributed by atoms with Gasteiger partial charge in [0.1, 0.15) is 6.04 Å². The van der Waals surface area contributed by atoms with Gasteiger partial charge in [0.05, 0.1) is 22.9 Å². The number of anilines is 2. The van der Waals surface area contributed by atoms with Crippen LogP contribution in [0.4, 0.5) is 21.0 Å². The summed E-state index contributed by atoms with van der Waals surface area (Å²) in [5.74, 6) is 3.22. The molecule has 5 saturated heterocycles.